The van der Waals surface area contributed by atoms with Gasteiger partial charge in [0.05, 0.1) is 18.8 Å². The molecule has 0 fully saturated rings. The van der Waals surface area contributed by atoms with E-state index in [-0.39, 0.29) is 5.91 Å². The third kappa shape index (κ3) is 7.25. The molecule has 5 heteroatoms. The highest BCUT2D eigenvalue weighted by Gasteiger charge is 2.13. The Labute approximate surface area is 170 Å². The van der Waals surface area contributed by atoms with Gasteiger partial charge in [0.15, 0.2) is 0 Å². The second-order valence-corrected chi connectivity index (χ2v) is 7.23. The summed E-state index contributed by atoms with van der Waals surface area (Å²) in [5, 5.41) is 2.91. The average Bonchev–Trinajstić information content (AvgIpc) is 2.67. The Morgan fingerprint density at radius 2 is 1.70 bits per heavy atom. The van der Waals surface area contributed by atoms with Gasteiger partial charge in [0.1, 0.15) is 11.5 Å². The zero-order chi connectivity index (χ0) is 19.5. The highest BCUT2D eigenvalue weighted by atomic mass is 79.9. The van der Waals surface area contributed by atoms with Crippen LogP contribution in [0.1, 0.15) is 56.3 Å². The molecule has 2 rings (SSSR count). The van der Waals surface area contributed by atoms with Gasteiger partial charge in [-0.3, -0.25) is 4.79 Å². The van der Waals surface area contributed by atoms with Crippen molar-refractivity contribution in [3.8, 4) is 11.5 Å². The van der Waals surface area contributed by atoms with Crippen LogP contribution in [0, 0.1) is 0 Å². The standard InChI is InChI=1S/C22H28BrNO3/c1-3-5-6-7-8-15-27-19-12-10-18(11-13-19)24-22(25)20-16-17(23)9-14-21(20)26-4-2/h9-14,16H,3-8,15H2,1-2H3,(H,24,25). The molecule has 0 atom stereocenters. The third-order valence-electron chi connectivity index (χ3n) is 4.11. The summed E-state index contributed by atoms with van der Waals surface area (Å²) < 4.78 is 12.1. The number of unbranched alkanes of at least 4 members (excludes halogenated alkanes) is 4. The maximum Gasteiger partial charge on any atom is 0.259 e. The Kier molecular flexibility index (Phi) is 9.19. The van der Waals surface area contributed by atoms with Gasteiger partial charge in [0.25, 0.3) is 5.91 Å². The van der Waals surface area contributed by atoms with Crippen LogP contribution in [0.25, 0.3) is 0 Å². The van der Waals surface area contributed by atoms with Gasteiger partial charge >= 0.3 is 0 Å². The van der Waals surface area contributed by atoms with Crippen molar-refractivity contribution in [2.75, 3.05) is 18.5 Å². The first-order valence-electron chi connectivity index (χ1n) is 9.60. The van der Waals surface area contributed by atoms with Crippen molar-refractivity contribution >= 4 is 27.5 Å². The monoisotopic (exact) mass is 433 g/mol. The van der Waals surface area contributed by atoms with E-state index in [2.05, 4.69) is 28.2 Å². The molecule has 0 heterocycles. The molecule has 2 aromatic carbocycles. The molecule has 4 nitrogen and oxygen atoms in total. The zero-order valence-corrected chi connectivity index (χ0v) is 17.7. The first-order valence-corrected chi connectivity index (χ1v) is 10.4. The van der Waals surface area contributed by atoms with Crippen LogP contribution in [0.15, 0.2) is 46.9 Å². The second kappa shape index (κ2) is 11.7. The molecule has 0 aliphatic rings. The molecule has 2 aromatic rings. The topological polar surface area (TPSA) is 47.6 Å². The van der Waals surface area contributed by atoms with Crippen LogP contribution >= 0.6 is 15.9 Å². The Morgan fingerprint density at radius 3 is 2.41 bits per heavy atom. The van der Waals surface area contributed by atoms with Gasteiger partial charge in [-0.1, -0.05) is 48.5 Å². The first kappa shape index (κ1) is 21.3. The molecule has 0 saturated heterocycles. The van der Waals surface area contributed by atoms with E-state index in [4.69, 9.17) is 9.47 Å². The van der Waals surface area contributed by atoms with Crippen molar-refractivity contribution < 1.29 is 14.3 Å². The van der Waals surface area contributed by atoms with Crippen LogP contribution in [0.2, 0.25) is 0 Å². The van der Waals surface area contributed by atoms with Crippen LogP contribution in [-0.2, 0) is 0 Å². The van der Waals surface area contributed by atoms with Gasteiger partial charge in [0.2, 0.25) is 0 Å². The lowest BCUT2D eigenvalue weighted by molar-refractivity contribution is 0.102. The highest BCUT2D eigenvalue weighted by molar-refractivity contribution is 9.10. The Balaban J connectivity index is 1.89. The van der Waals surface area contributed by atoms with Crippen LogP contribution in [0.3, 0.4) is 0 Å². The number of benzene rings is 2. The summed E-state index contributed by atoms with van der Waals surface area (Å²) in [6, 6.07) is 12.9. The molecule has 0 aliphatic heterocycles. The van der Waals surface area contributed by atoms with Crippen LogP contribution in [-0.4, -0.2) is 19.1 Å². The van der Waals surface area contributed by atoms with Gasteiger partial charge in [-0.2, -0.15) is 0 Å². The molecule has 0 unspecified atom stereocenters. The summed E-state index contributed by atoms with van der Waals surface area (Å²) >= 11 is 3.40. The predicted octanol–water partition coefficient (Wildman–Crippen LogP) is 6.45. The molecule has 146 valence electrons. The quantitative estimate of drug-likeness (QED) is 0.414. The third-order valence-corrected chi connectivity index (χ3v) is 4.61. The van der Waals surface area contributed by atoms with Crippen LogP contribution in [0.4, 0.5) is 5.69 Å². The molecule has 0 aromatic heterocycles. The van der Waals surface area contributed by atoms with Crippen molar-refractivity contribution in [1.82, 2.24) is 0 Å². The minimum absolute atomic E-state index is 0.204. The molecule has 0 aliphatic carbocycles. The van der Waals surface area contributed by atoms with Crippen molar-refractivity contribution in [2.45, 2.75) is 46.0 Å². The van der Waals surface area contributed by atoms with E-state index >= 15 is 0 Å². The number of rotatable bonds is 11. The largest absolute Gasteiger partial charge is 0.494 e. The molecule has 27 heavy (non-hydrogen) atoms. The van der Waals surface area contributed by atoms with Gasteiger partial charge in [-0.15, -0.1) is 0 Å². The molecule has 1 amide bonds. The van der Waals surface area contributed by atoms with Crippen molar-refractivity contribution in [3.05, 3.63) is 52.5 Å². The first-order chi connectivity index (χ1) is 13.1. The number of anilines is 1. The Morgan fingerprint density at radius 1 is 0.963 bits per heavy atom. The minimum atomic E-state index is -0.204. The number of ether oxygens (including phenoxy) is 2. The van der Waals surface area contributed by atoms with Crippen molar-refractivity contribution in [3.63, 3.8) is 0 Å². The van der Waals surface area contributed by atoms with Gasteiger partial charge < -0.3 is 14.8 Å². The fourth-order valence-corrected chi connectivity index (χ4v) is 3.05. The molecule has 1 N–H and O–H groups in total. The number of nitrogens with one attached hydrogen (secondary N) is 1. The minimum Gasteiger partial charge on any atom is -0.494 e. The molecular weight excluding hydrogens is 406 g/mol. The van der Waals surface area contributed by atoms with Crippen molar-refractivity contribution in [2.24, 2.45) is 0 Å². The maximum absolute atomic E-state index is 12.6. The maximum atomic E-state index is 12.6. The molecule has 0 bridgehead atoms. The van der Waals surface area contributed by atoms with Crippen LogP contribution < -0.4 is 14.8 Å². The fourth-order valence-electron chi connectivity index (χ4n) is 2.69. The summed E-state index contributed by atoms with van der Waals surface area (Å²) in [6.45, 7) is 5.34. The number of amides is 1. The lowest BCUT2D eigenvalue weighted by Crippen LogP contribution is -2.13. The smallest absolute Gasteiger partial charge is 0.259 e. The summed E-state index contributed by atoms with van der Waals surface area (Å²) in [7, 11) is 0. The summed E-state index contributed by atoms with van der Waals surface area (Å²) in [4.78, 5) is 12.6. The number of hydrogen-bond donors (Lipinski definition) is 1. The fraction of sp³-hybridized carbons (Fsp3) is 0.409. The molecule has 0 radical (unpaired) electrons. The zero-order valence-electron chi connectivity index (χ0n) is 16.1. The SMILES string of the molecule is CCCCCCCOc1ccc(NC(=O)c2cc(Br)ccc2OCC)cc1. The van der Waals surface area contributed by atoms with Crippen molar-refractivity contribution in [1.29, 1.82) is 0 Å². The lowest BCUT2D eigenvalue weighted by Gasteiger charge is -2.12. The number of hydrogen-bond acceptors (Lipinski definition) is 3. The van der Waals surface area contributed by atoms with E-state index in [0.29, 0.717) is 17.9 Å². The van der Waals surface area contributed by atoms with Gasteiger partial charge in [-0.05, 0) is 55.8 Å². The molecule has 0 spiro atoms. The molecule has 0 saturated carbocycles. The van der Waals surface area contributed by atoms with E-state index in [1.807, 2.05) is 37.3 Å². The lowest BCUT2D eigenvalue weighted by atomic mass is 10.1. The second-order valence-electron chi connectivity index (χ2n) is 6.31. The summed E-state index contributed by atoms with van der Waals surface area (Å²) in [6.07, 6.45) is 6.08. The van der Waals surface area contributed by atoms with Gasteiger partial charge in [0, 0.05) is 10.2 Å². The number of carbonyl (C=O) groups is 1. The van der Waals surface area contributed by atoms with Crippen LogP contribution in [0.5, 0.6) is 11.5 Å². The predicted molar refractivity (Wildman–Crippen MR) is 114 cm³/mol. The average molecular weight is 434 g/mol. The van der Waals surface area contributed by atoms with E-state index in [1.54, 1.807) is 12.1 Å². The number of halogens is 1. The Bertz CT molecular complexity index is 716. The summed E-state index contributed by atoms with van der Waals surface area (Å²) in [5.74, 6) is 1.19. The summed E-state index contributed by atoms with van der Waals surface area (Å²) in [5.41, 5.74) is 1.22. The number of carbonyl (C=O) groups excluding carboxylic acids is 1. The van der Waals surface area contributed by atoms with Gasteiger partial charge in [-0.25, -0.2) is 0 Å². The Hall–Kier alpha value is -2.01. The van der Waals surface area contributed by atoms with E-state index in [1.165, 1.54) is 25.7 Å². The van der Waals surface area contributed by atoms with E-state index in [9.17, 15) is 4.79 Å². The molecular formula is C22H28BrNO3. The van der Waals surface area contributed by atoms with E-state index in [0.717, 1.165) is 28.9 Å². The highest BCUT2D eigenvalue weighted by Crippen LogP contribution is 2.25. The van der Waals surface area contributed by atoms with E-state index < -0.39 is 0 Å². The normalized spacial score (nSPS) is 10.5.